The highest BCUT2D eigenvalue weighted by Gasteiger charge is 2.51. The Bertz CT molecular complexity index is 821. The second-order valence-corrected chi connectivity index (χ2v) is 7.07. The van der Waals surface area contributed by atoms with Gasteiger partial charge >= 0.3 is 12.1 Å². The van der Waals surface area contributed by atoms with Crippen molar-refractivity contribution >= 4 is 12.1 Å². The van der Waals surface area contributed by atoms with Crippen LogP contribution < -0.4 is 4.74 Å². The number of rotatable bonds is 7. The Morgan fingerprint density at radius 3 is 2.38 bits per heavy atom. The molecule has 0 radical (unpaired) electrons. The van der Waals surface area contributed by atoms with Crippen molar-refractivity contribution in [3.63, 3.8) is 0 Å². The van der Waals surface area contributed by atoms with Crippen molar-refractivity contribution in [1.82, 2.24) is 4.90 Å². The van der Waals surface area contributed by atoms with E-state index in [-0.39, 0.29) is 19.2 Å². The predicted molar refractivity (Wildman–Crippen MR) is 109 cm³/mol. The van der Waals surface area contributed by atoms with Gasteiger partial charge in [-0.3, -0.25) is 4.90 Å². The molecule has 0 aromatic heterocycles. The zero-order chi connectivity index (χ0) is 20.7. The standard InChI is InChI=1S/C23H27NO5/c1-3-28-21(25)23(16-18-10-12-20(27-2)13-11-18)14-7-15-24(23)22(26)29-17-19-8-5-4-6-9-19/h4-6,8-13H,3,7,14-17H2,1-2H3. The molecule has 2 aromatic carbocycles. The van der Waals surface area contributed by atoms with Gasteiger partial charge in [-0.1, -0.05) is 42.5 Å². The van der Waals surface area contributed by atoms with Gasteiger partial charge in [0.05, 0.1) is 13.7 Å². The molecule has 1 unspecified atom stereocenters. The molecule has 6 nitrogen and oxygen atoms in total. The number of carbonyl (C=O) groups is 2. The molecule has 6 heteroatoms. The molecule has 2 aromatic rings. The maximum Gasteiger partial charge on any atom is 0.411 e. The Hall–Kier alpha value is -3.02. The first-order valence-electron chi connectivity index (χ1n) is 9.87. The molecule has 1 aliphatic rings. The van der Waals surface area contributed by atoms with Crippen molar-refractivity contribution in [1.29, 1.82) is 0 Å². The van der Waals surface area contributed by atoms with E-state index in [1.165, 1.54) is 4.90 Å². The number of hydrogen-bond acceptors (Lipinski definition) is 5. The Morgan fingerprint density at radius 1 is 1.00 bits per heavy atom. The van der Waals surface area contributed by atoms with E-state index in [0.717, 1.165) is 23.3 Å². The van der Waals surface area contributed by atoms with Crippen LogP contribution in [0.15, 0.2) is 54.6 Å². The Kier molecular flexibility index (Phi) is 6.75. The van der Waals surface area contributed by atoms with Crippen LogP contribution in [0.25, 0.3) is 0 Å². The summed E-state index contributed by atoms with van der Waals surface area (Å²) in [5, 5.41) is 0. The molecule has 1 amide bonds. The van der Waals surface area contributed by atoms with Gasteiger partial charge in [-0.25, -0.2) is 9.59 Å². The van der Waals surface area contributed by atoms with E-state index in [4.69, 9.17) is 14.2 Å². The molecular formula is C23H27NO5. The van der Waals surface area contributed by atoms with Crippen molar-refractivity contribution < 1.29 is 23.8 Å². The minimum Gasteiger partial charge on any atom is -0.497 e. The number of likely N-dealkylation sites (tertiary alicyclic amines) is 1. The second-order valence-electron chi connectivity index (χ2n) is 7.07. The number of carbonyl (C=O) groups excluding carboxylic acids is 2. The second kappa shape index (κ2) is 9.45. The average molecular weight is 397 g/mol. The molecule has 1 fully saturated rings. The van der Waals surface area contributed by atoms with Crippen LogP contribution in [0.5, 0.6) is 5.75 Å². The molecule has 1 saturated heterocycles. The van der Waals surface area contributed by atoms with Gasteiger partial charge in [0, 0.05) is 13.0 Å². The van der Waals surface area contributed by atoms with Crippen molar-refractivity contribution in [2.24, 2.45) is 0 Å². The molecular weight excluding hydrogens is 370 g/mol. The van der Waals surface area contributed by atoms with E-state index in [9.17, 15) is 9.59 Å². The van der Waals surface area contributed by atoms with Gasteiger partial charge in [-0.2, -0.15) is 0 Å². The van der Waals surface area contributed by atoms with Crippen LogP contribution in [0.4, 0.5) is 4.79 Å². The Balaban J connectivity index is 1.80. The highest BCUT2D eigenvalue weighted by Crippen LogP contribution is 2.35. The third-order valence-corrected chi connectivity index (χ3v) is 5.23. The van der Waals surface area contributed by atoms with E-state index in [0.29, 0.717) is 19.4 Å². The lowest BCUT2D eigenvalue weighted by Crippen LogP contribution is -2.55. The summed E-state index contributed by atoms with van der Waals surface area (Å²) in [6, 6.07) is 17.0. The Morgan fingerprint density at radius 2 is 1.72 bits per heavy atom. The predicted octanol–water partition coefficient (Wildman–Crippen LogP) is 3.97. The van der Waals surface area contributed by atoms with Crippen molar-refractivity contribution in [2.45, 2.75) is 38.3 Å². The van der Waals surface area contributed by atoms with Gasteiger partial charge in [0.2, 0.25) is 0 Å². The van der Waals surface area contributed by atoms with Crippen LogP contribution in [-0.2, 0) is 27.3 Å². The number of nitrogens with zero attached hydrogens (tertiary/aromatic N) is 1. The minimum absolute atomic E-state index is 0.164. The molecule has 0 aliphatic carbocycles. The molecule has 0 N–H and O–H groups in total. The zero-order valence-corrected chi connectivity index (χ0v) is 16.9. The maximum atomic E-state index is 13.0. The van der Waals surface area contributed by atoms with Crippen molar-refractivity contribution in [3.8, 4) is 5.75 Å². The molecule has 0 spiro atoms. The van der Waals surface area contributed by atoms with Gasteiger partial charge in [-0.15, -0.1) is 0 Å². The van der Waals surface area contributed by atoms with Gasteiger partial charge in [-0.05, 0) is 43.0 Å². The monoisotopic (exact) mass is 397 g/mol. The van der Waals surface area contributed by atoms with Crippen LogP contribution in [0.3, 0.4) is 0 Å². The summed E-state index contributed by atoms with van der Waals surface area (Å²) in [4.78, 5) is 27.4. The van der Waals surface area contributed by atoms with Crippen molar-refractivity contribution in [2.75, 3.05) is 20.3 Å². The molecule has 1 aliphatic heterocycles. The third-order valence-electron chi connectivity index (χ3n) is 5.23. The number of methoxy groups -OCH3 is 1. The van der Waals surface area contributed by atoms with Gasteiger partial charge in [0.15, 0.2) is 0 Å². The molecule has 1 heterocycles. The summed E-state index contributed by atoms with van der Waals surface area (Å²) < 4.78 is 16.1. The fraction of sp³-hybridized carbons (Fsp3) is 0.391. The van der Waals surface area contributed by atoms with E-state index < -0.39 is 11.6 Å². The van der Waals surface area contributed by atoms with Crippen LogP contribution >= 0.6 is 0 Å². The van der Waals surface area contributed by atoms with Gasteiger partial charge in [0.25, 0.3) is 0 Å². The average Bonchev–Trinajstić information content (AvgIpc) is 3.18. The van der Waals surface area contributed by atoms with Gasteiger partial charge in [0.1, 0.15) is 17.9 Å². The largest absolute Gasteiger partial charge is 0.497 e. The maximum absolute atomic E-state index is 13.0. The summed E-state index contributed by atoms with van der Waals surface area (Å²) in [6.45, 7) is 2.66. The summed E-state index contributed by atoms with van der Waals surface area (Å²) in [7, 11) is 1.61. The van der Waals surface area contributed by atoms with E-state index in [1.807, 2.05) is 54.6 Å². The molecule has 0 bridgehead atoms. The summed E-state index contributed by atoms with van der Waals surface area (Å²) >= 11 is 0. The molecule has 1 atom stereocenters. The zero-order valence-electron chi connectivity index (χ0n) is 16.9. The van der Waals surface area contributed by atoms with Crippen molar-refractivity contribution in [3.05, 3.63) is 65.7 Å². The lowest BCUT2D eigenvalue weighted by molar-refractivity contribution is -0.155. The number of amides is 1. The van der Waals surface area contributed by atoms with E-state index >= 15 is 0 Å². The highest BCUT2D eigenvalue weighted by atomic mass is 16.6. The third kappa shape index (κ3) is 4.70. The lowest BCUT2D eigenvalue weighted by atomic mass is 9.88. The number of hydrogen-bond donors (Lipinski definition) is 0. The summed E-state index contributed by atoms with van der Waals surface area (Å²) in [5.41, 5.74) is 0.775. The molecule has 0 saturated carbocycles. The van der Waals surface area contributed by atoms with E-state index in [1.54, 1.807) is 14.0 Å². The first-order valence-corrected chi connectivity index (χ1v) is 9.87. The topological polar surface area (TPSA) is 65.1 Å². The lowest BCUT2D eigenvalue weighted by Gasteiger charge is -2.35. The Labute approximate surface area is 171 Å². The first kappa shape index (κ1) is 20.7. The summed E-state index contributed by atoms with van der Waals surface area (Å²) in [6.07, 6.45) is 1.14. The minimum atomic E-state index is -1.06. The highest BCUT2D eigenvalue weighted by molar-refractivity contribution is 5.87. The van der Waals surface area contributed by atoms with Crippen LogP contribution in [0.1, 0.15) is 30.9 Å². The SMILES string of the molecule is CCOC(=O)C1(Cc2ccc(OC)cc2)CCCN1C(=O)OCc1ccccc1. The fourth-order valence-electron chi connectivity index (χ4n) is 3.76. The number of esters is 1. The van der Waals surface area contributed by atoms with E-state index in [2.05, 4.69) is 0 Å². The fourth-order valence-corrected chi connectivity index (χ4v) is 3.76. The van der Waals surface area contributed by atoms with Crippen LogP contribution in [-0.4, -0.2) is 42.8 Å². The first-order chi connectivity index (χ1) is 14.1. The molecule has 29 heavy (non-hydrogen) atoms. The summed E-state index contributed by atoms with van der Waals surface area (Å²) in [5.74, 6) is 0.356. The van der Waals surface area contributed by atoms with Crippen LogP contribution in [0.2, 0.25) is 0 Å². The molecule has 154 valence electrons. The van der Waals surface area contributed by atoms with Crippen LogP contribution in [0, 0.1) is 0 Å². The van der Waals surface area contributed by atoms with Gasteiger partial charge < -0.3 is 14.2 Å². The smallest absolute Gasteiger partial charge is 0.411 e. The quantitative estimate of drug-likeness (QED) is 0.662. The normalized spacial score (nSPS) is 18.3. The number of benzene rings is 2. The molecule has 3 rings (SSSR count). The number of ether oxygens (including phenoxy) is 3.